The molecule has 0 unspecified atom stereocenters. The van der Waals surface area contributed by atoms with Crippen LogP contribution in [0.25, 0.3) is 11.8 Å². The zero-order valence-electron chi connectivity index (χ0n) is 18.5. The summed E-state index contributed by atoms with van der Waals surface area (Å²) in [6, 6.07) is 24.6. The van der Waals surface area contributed by atoms with E-state index in [4.69, 9.17) is 5.11 Å². The fourth-order valence-corrected chi connectivity index (χ4v) is 4.15. The number of nitrogens with one attached hydrogen (secondary N) is 1. The first-order valence-electron chi connectivity index (χ1n) is 11.3. The summed E-state index contributed by atoms with van der Waals surface area (Å²) in [6.07, 6.45) is 5.77. The monoisotopic (exact) mass is 440 g/mol. The van der Waals surface area contributed by atoms with Gasteiger partial charge < -0.3 is 15.3 Å². The number of amides is 1. The van der Waals surface area contributed by atoms with E-state index in [0.29, 0.717) is 0 Å². The van der Waals surface area contributed by atoms with Gasteiger partial charge in [0, 0.05) is 24.3 Å². The average Bonchev–Trinajstić information content (AvgIpc) is 2.85. The largest absolute Gasteiger partial charge is 0.478 e. The van der Waals surface area contributed by atoms with E-state index in [1.54, 1.807) is 12.1 Å². The third kappa shape index (κ3) is 5.89. The molecule has 0 saturated carbocycles. The molecule has 33 heavy (non-hydrogen) atoms. The van der Waals surface area contributed by atoms with Crippen LogP contribution >= 0.6 is 0 Å². The van der Waals surface area contributed by atoms with Crippen molar-refractivity contribution in [2.45, 2.75) is 25.7 Å². The minimum absolute atomic E-state index is 0.145. The first-order valence-corrected chi connectivity index (χ1v) is 11.3. The molecule has 0 bridgehead atoms. The smallest absolute Gasteiger partial charge is 0.335 e. The van der Waals surface area contributed by atoms with E-state index < -0.39 is 5.97 Å². The summed E-state index contributed by atoms with van der Waals surface area (Å²) in [5.41, 5.74) is 4.87. The summed E-state index contributed by atoms with van der Waals surface area (Å²) in [6.45, 7) is 2.03. The van der Waals surface area contributed by atoms with Gasteiger partial charge in [-0.25, -0.2) is 4.79 Å². The first-order chi connectivity index (χ1) is 16.1. The van der Waals surface area contributed by atoms with E-state index in [9.17, 15) is 9.59 Å². The van der Waals surface area contributed by atoms with Gasteiger partial charge in [-0.2, -0.15) is 0 Å². The Hall–Kier alpha value is -3.86. The quantitative estimate of drug-likeness (QED) is 0.494. The predicted molar refractivity (Wildman–Crippen MR) is 132 cm³/mol. The maximum Gasteiger partial charge on any atom is 0.335 e. The maximum atomic E-state index is 13.0. The van der Waals surface area contributed by atoms with Gasteiger partial charge in [0.2, 0.25) is 5.91 Å². The topological polar surface area (TPSA) is 69.6 Å². The van der Waals surface area contributed by atoms with Crippen LogP contribution in [0.3, 0.4) is 0 Å². The molecule has 4 rings (SSSR count). The number of hydrogen-bond acceptors (Lipinski definition) is 3. The van der Waals surface area contributed by atoms with Crippen LogP contribution in [0.15, 0.2) is 78.9 Å². The number of piperidine rings is 1. The second-order valence-electron chi connectivity index (χ2n) is 8.26. The van der Waals surface area contributed by atoms with Gasteiger partial charge in [0.15, 0.2) is 0 Å². The zero-order valence-corrected chi connectivity index (χ0v) is 18.5. The maximum absolute atomic E-state index is 13.0. The zero-order chi connectivity index (χ0) is 23.0. The van der Waals surface area contributed by atoms with Gasteiger partial charge in [-0.15, -0.1) is 0 Å². The standard InChI is InChI=1S/C28H28N2O3/c31-27(20-22-13-15-23(16-14-22)28(32)33)29-25(19-21-9-3-1-4-10-21)24-11-5-6-12-26(24)30-17-7-2-8-18-30/h1,3-6,9-16,19H,2,7-8,17-18,20H2,(H,29,31)(H,32,33)/b25-19+. The lowest BCUT2D eigenvalue weighted by atomic mass is 10.0. The Morgan fingerprint density at radius 1 is 0.848 bits per heavy atom. The average molecular weight is 441 g/mol. The van der Waals surface area contributed by atoms with Gasteiger partial charge in [-0.1, -0.05) is 60.7 Å². The summed E-state index contributed by atoms with van der Waals surface area (Å²) in [5.74, 6) is -1.12. The van der Waals surface area contributed by atoms with E-state index in [1.165, 1.54) is 31.4 Å². The van der Waals surface area contributed by atoms with Crippen LogP contribution < -0.4 is 10.2 Å². The van der Waals surface area contributed by atoms with Crippen molar-refractivity contribution in [2.75, 3.05) is 18.0 Å². The molecule has 168 valence electrons. The molecule has 5 heteroatoms. The van der Waals surface area contributed by atoms with Crippen molar-refractivity contribution in [1.29, 1.82) is 0 Å². The normalized spacial score (nSPS) is 14.1. The number of aromatic carboxylic acids is 1. The number of carbonyl (C=O) groups is 2. The molecule has 0 aromatic heterocycles. The summed E-state index contributed by atoms with van der Waals surface area (Å²) in [5, 5.41) is 12.2. The molecule has 1 saturated heterocycles. The molecule has 1 aliphatic rings. The second kappa shape index (κ2) is 10.6. The number of benzene rings is 3. The lowest BCUT2D eigenvalue weighted by Crippen LogP contribution is -2.31. The third-order valence-corrected chi connectivity index (χ3v) is 5.84. The molecular formula is C28H28N2O3. The van der Waals surface area contributed by atoms with Crippen LogP contribution in [0.4, 0.5) is 5.69 Å². The Kier molecular flexibility index (Phi) is 7.20. The van der Waals surface area contributed by atoms with Crippen molar-refractivity contribution in [2.24, 2.45) is 0 Å². The number of carboxylic acid groups (broad SMARTS) is 1. The molecule has 1 amide bonds. The second-order valence-corrected chi connectivity index (χ2v) is 8.26. The van der Waals surface area contributed by atoms with Gasteiger partial charge in [0.25, 0.3) is 0 Å². The first kappa shape index (κ1) is 22.3. The van der Waals surface area contributed by atoms with Crippen molar-refractivity contribution in [3.8, 4) is 0 Å². The molecule has 0 atom stereocenters. The lowest BCUT2D eigenvalue weighted by Gasteiger charge is -2.31. The number of rotatable bonds is 7. The van der Waals surface area contributed by atoms with Crippen molar-refractivity contribution in [3.63, 3.8) is 0 Å². The van der Waals surface area contributed by atoms with Crippen molar-refractivity contribution in [3.05, 3.63) is 101 Å². The number of carbonyl (C=O) groups excluding carboxylic acids is 1. The van der Waals surface area contributed by atoms with E-state index in [1.807, 2.05) is 48.5 Å². The van der Waals surface area contributed by atoms with Crippen LogP contribution in [0.2, 0.25) is 0 Å². The van der Waals surface area contributed by atoms with Crippen LogP contribution in [-0.4, -0.2) is 30.1 Å². The molecule has 0 radical (unpaired) electrons. The fourth-order valence-electron chi connectivity index (χ4n) is 4.15. The molecule has 1 aliphatic heterocycles. The lowest BCUT2D eigenvalue weighted by molar-refractivity contribution is -0.119. The highest BCUT2D eigenvalue weighted by molar-refractivity contribution is 5.96. The summed E-state index contributed by atoms with van der Waals surface area (Å²) in [4.78, 5) is 26.5. The Labute approximate surface area is 194 Å². The van der Waals surface area contributed by atoms with Crippen LogP contribution in [0.1, 0.15) is 46.3 Å². The van der Waals surface area contributed by atoms with Gasteiger partial charge in [0.1, 0.15) is 0 Å². The van der Waals surface area contributed by atoms with E-state index in [2.05, 4.69) is 22.3 Å². The molecular weight excluding hydrogens is 412 g/mol. The number of anilines is 1. The molecule has 2 N–H and O–H groups in total. The van der Waals surface area contributed by atoms with Crippen LogP contribution in [0, 0.1) is 0 Å². The Bertz CT molecular complexity index is 1130. The minimum Gasteiger partial charge on any atom is -0.478 e. The molecule has 0 spiro atoms. The van der Waals surface area contributed by atoms with E-state index in [-0.39, 0.29) is 17.9 Å². The molecule has 0 aliphatic carbocycles. The van der Waals surface area contributed by atoms with Gasteiger partial charge in [-0.3, -0.25) is 4.79 Å². The SMILES string of the molecule is O=C(Cc1ccc(C(=O)O)cc1)N/C(=C/c1ccccc1)c1ccccc1N1CCCCC1. The molecule has 3 aromatic carbocycles. The molecule has 5 nitrogen and oxygen atoms in total. The van der Waals surface area contributed by atoms with Crippen molar-refractivity contribution in [1.82, 2.24) is 5.32 Å². The number of nitrogens with zero attached hydrogens (tertiary/aromatic N) is 1. The highest BCUT2D eigenvalue weighted by Crippen LogP contribution is 2.29. The van der Waals surface area contributed by atoms with Crippen molar-refractivity contribution >= 4 is 29.3 Å². The number of para-hydroxylation sites is 1. The number of hydrogen-bond donors (Lipinski definition) is 2. The van der Waals surface area contributed by atoms with Gasteiger partial charge >= 0.3 is 5.97 Å². The molecule has 3 aromatic rings. The summed E-state index contributed by atoms with van der Waals surface area (Å²) in [7, 11) is 0. The molecule has 1 heterocycles. The highest BCUT2D eigenvalue weighted by atomic mass is 16.4. The van der Waals surface area contributed by atoms with Crippen LogP contribution in [-0.2, 0) is 11.2 Å². The fraction of sp³-hybridized carbons (Fsp3) is 0.214. The van der Waals surface area contributed by atoms with Gasteiger partial charge in [0.05, 0.1) is 17.7 Å². The predicted octanol–water partition coefficient (Wildman–Crippen LogP) is 5.23. The highest BCUT2D eigenvalue weighted by Gasteiger charge is 2.18. The Balaban J connectivity index is 1.62. The Morgan fingerprint density at radius 3 is 2.21 bits per heavy atom. The van der Waals surface area contributed by atoms with E-state index in [0.717, 1.165) is 41.2 Å². The summed E-state index contributed by atoms with van der Waals surface area (Å²) >= 11 is 0. The Morgan fingerprint density at radius 2 is 1.52 bits per heavy atom. The number of carboxylic acids is 1. The van der Waals surface area contributed by atoms with Crippen molar-refractivity contribution < 1.29 is 14.7 Å². The molecule has 1 fully saturated rings. The minimum atomic E-state index is -0.978. The van der Waals surface area contributed by atoms with Gasteiger partial charge in [-0.05, 0) is 54.7 Å². The van der Waals surface area contributed by atoms with E-state index >= 15 is 0 Å². The van der Waals surface area contributed by atoms with Crippen LogP contribution in [0.5, 0.6) is 0 Å². The third-order valence-electron chi connectivity index (χ3n) is 5.84. The summed E-state index contributed by atoms with van der Waals surface area (Å²) < 4.78 is 0.